The van der Waals surface area contributed by atoms with Crippen molar-refractivity contribution >= 4 is 9.84 Å². The molecule has 2 heterocycles. The van der Waals surface area contributed by atoms with E-state index in [1.54, 1.807) is 0 Å². The summed E-state index contributed by atoms with van der Waals surface area (Å²) >= 11 is 0. The van der Waals surface area contributed by atoms with Gasteiger partial charge in [-0.2, -0.15) is 13.2 Å². The summed E-state index contributed by atoms with van der Waals surface area (Å²) in [5.74, 6) is -2.17. The molecule has 154 valence electrons. The Labute approximate surface area is 162 Å². The summed E-state index contributed by atoms with van der Waals surface area (Å²) in [4.78, 5) is 7.11. The van der Waals surface area contributed by atoms with Gasteiger partial charge in [-0.05, 0) is 18.2 Å². The summed E-state index contributed by atoms with van der Waals surface area (Å²) < 4.78 is 92.3. The van der Waals surface area contributed by atoms with Gasteiger partial charge in [0.05, 0.1) is 28.1 Å². The quantitative estimate of drug-likeness (QED) is 0.580. The second kappa shape index (κ2) is 7.21. The fourth-order valence-corrected chi connectivity index (χ4v) is 3.82. The van der Waals surface area contributed by atoms with Crippen LogP contribution in [-0.4, -0.2) is 28.7 Å². The molecule has 0 fully saturated rings. The fourth-order valence-electron chi connectivity index (χ4n) is 2.76. The molecule has 3 rings (SSSR count). The van der Waals surface area contributed by atoms with Crippen LogP contribution in [0.15, 0.2) is 41.6 Å². The average molecular weight is 431 g/mol. The molecule has 0 saturated carbocycles. The zero-order valence-corrected chi connectivity index (χ0v) is 15.9. The van der Waals surface area contributed by atoms with Gasteiger partial charge in [-0.1, -0.05) is 6.92 Å². The monoisotopic (exact) mass is 431 g/mol. The van der Waals surface area contributed by atoms with Gasteiger partial charge >= 0.3 is 6.18 Å². The van der Waals surface area contributed by atoms with Gasteiger partial charge in [0.15, 0.2) is 15.7 Å². The number of sulfone groups is 1. The van der Waals surface area contributed by atoms with Crippen molar-refractivity contribution in [3.8, 4) is 22.8 Å². The number of alkyl halides is 3. The van der Waals surface area contributed by atoms with Crippen molar-refractivity contribution in [3.63, 3.8) is 0 Å². The summed E-state index contributed by atoms with van der Waals surface area (Å²) in [6.07, 6.45) is -3.04. The van der Waals surface area contributed by atoms with Gasteiger partial charge in [-0.3, -0.25) is 4.98 Å². The smallest absolute Gasteiger partial charge is 0.326 e. The Kier molecular flexibility index (Phi) is 5.20. The van der Waals surface area contributed by atoms with Gasteiger partial charge in [0.1, 0.15) is 17.3 Å². The van der Waals surface area contributed by atoms with Gasteiger partial charge in [-0.25, -0.2) is 22.2 Å². The normalized spacial score (nSPS) is 12.4. The van der Waals surface area contributed by atoms with Crippen molar-refractivity contribution in [2.75, 3.05) is 5.75 Å². The molecular weight excluding hydrogens is 417 g/mol. The molecule has 0 radical (unpaired) electrons. The number of nitrogens with zero attached hydrogens (tertiary/aromatic N) is 3. The molecule has 0 aliphatic rings. The zero-order valence-electron chi connectivity index (χ0n) is 15.1. The second-order valence-corrected chi connectivity index (χ2v) is 8.40. The van der Waals surface area contributed by atoms with Crippen molar-refractivity contribution < 1.29 is 30.4 Å². The van der Waals surface area contributed by atoms with E-state index in [9.17, 15) is 30.4 Å². The van der Waals surface area contributed by atoms with Crippen LogP contribution in [-0.2, 0) is 23.1 Å². The van der Waals surface area contributed by atoms with Gasteiger partial charge in [0.2, 0.25) is 0 Å². The van der Waals surface area contributed by atoms with E-state index in [2.05, 4.69) is 9.97 Å². The lowest BCUT2D eigenvalue weighted by atomic mass is 10.1. The van der Waals surface area contributed by atoms with E-state index in [0.29, 0.717) is 18.3 Å². The molecule has 1 aromatic carbocycles. The first-order valence-electron chi connectivity index (χ1n) is 8.22. The number of pyridine rings is 1. The van der Waals surface area contributed by atoms with E-state index in [4.69, 9.17) is 0 Å². The Morgan fingerprint density at radius 2 is 1.62 bits per heavy atom. The Hall–Kier alpha value is -2.82. The maximum absolute atomic E-state index is 13.5. The van der Waals surface area contributed by atoms with Gasteiger partial charge < -0.3 is 4.57 Å². The minimum atomic E-state index is -4.78. The summed E-state index contributed by atoms with van der Waals surface area (Å²) in [5.41, 5.74) is -1.16. The van der Waals surface area contributed by atoms with Crippen molar-refractivity contribution in [1.29, 1.82) is 0 Å². The number of hydrogen-bond donors (Lipinski definition) is 0. The Morgan fingerprint density at radius 1 is 1.00 bits per heavy atom. The maximum Gasteiger partial charge on any atom is 0.417 e. The second-order valence-electron chi connectivity index (χ2n) is 6.16. The molecule has 0 bridgehead atoms. The molecule has 5 nitrogen and oxygen atoms in total. The lowest BCUT2D eigenvalue weighted by Gasteiger charge is -2.13. The number of hydrogen-bond acceptors (Lipinski definition) is 4. The van der Waals surface area contributed by atoms with Gasteiger partial charge in [-0.15, -0.1) is 0 Å². The third-order valence-electron chi connectivity index (χ3n) is 4.25. The lowest BCUT2D eigenvalue weighted by Crippen LogP contribution is -2.13. The predicted octanol–water partition coefficient (Wildman–Crippen LogP) is 4.24. The topological polar surface area (TPSA) is 64.8 Å². The summed E-state index contributed by atoms with van der Waals surface area (Å²) in [6.45, 7) is 1.29. The molecule has 0 aliphatic carbocycles. The third kappa shape index (κ3) is 4.00. The molecule has 3 aromatic rings. The Balaban J connectivity index is 2.23. The van der Waals surface area contributed by atoms with E-state index in [-0.39, 0.29) is 22.8 Å². The molecule has 0 atom stereocenters. The highest BCUT2D eigenvalue weighted by molar-refractivity contribution is 7.91. The molecule has 29 heavy (non-hydrogen) atoms. The largest absolute Gasteiger partial charge is 0.417 e. The van der Waals surface area contributed by atoms with E-state index < -0.39 is 43.9 Å². The molecule has 2 aromatic heterocycles. The SMILES string of the molecule is CCS(=O)(=O)c1cc(C(F)(F)F)cnc1-c1ncc(-c2cc(F)cc(F)c2)n1C. The predicted molar refractivity (Wildman–Crippen MR) is 94.5 cm³/mol. The summed E-state index contributed by atoms with van der Waals surface area (Å²) in [6, 6.07) is 3.29. The highest BCUT2D eigenvalue weighted by Crippen LogP contribution is 2.35. The first-order valence-corrected chi connectivity index (χ1v) is 9.88. The Morgan fingerprint density at radius 3 is 2.17 bits per heavy atom. The number of rotatable bonds is 4. The molecular formula is C18H14F5N3O2S. The minimum Gasteiger partial charge on any atom is -0.326 e. The van der Waals surface area contributed by atoms with Crippen LogP contribution in [0.1, 0.15) is 12.5 Å². The van der Waals surface area contributed by atoms with Crippen LogP contribution in [0.2, 0.25) is 0 Å². The van der Waals surface area contributed by atoms with Crippen molar-refractivity contribution in [3.05, 3.63) is 53.9 Å². The highest BCUT2D eigenvalue weighted by Gasteiger charge is 2.34. The lowest BCUT2D eigenvalue weighted by molar-refractivity contribution is -0.138. The van der Waals surface area contributed by atoms with Gasteiger partial charge in [0.25, 0.3) is 0 Å². The molecule has 0 spiro atoms. The molecule has 0 saturated heterocycles. The summed E-state index contributed by atoms with van der Waals surface area (Å²) in [7, 11) is -2.65. The maximum atomic E-state index is 13.5. The molecule has 0 unspecified atom stereocenters. The van der Waals surface area contributed by atoms with Crippen LogP contribution in [0.5, 0.6) is 0 Å². The standard InChI is InChI=1S/C18H14F5N3O2S/c1-3-29(27,28)15-6-11(18(21,22)23)8-24-16(15)17-25-9-14(26(17)2)10-4-12(19)7-13(20)5-10/h4-9H,3H2,1-2H3. The van der Waals surface area contributed by atoms with Crippen LogP contribution >= 0.6 is 0 Å². The zero-order chi connectivity index (χ0) is 21.6. The van der Waals surface area contributed by atoms with Crippen molar-refractivity contribution in [2.45, 2.75) is 18.0 Å². The minimum absolute atomic E-state index is 0.0644. The molecule has 0 aliphatic heterocycles. The number of aromatic nitrogens is 3. The third-order valence-corrected chi connectivity index (χ3v) is 5.99. The van der Waals surface area contributed by atoms with E-state index in [1.807, 2.05) is 0 Å². The van der Waals surface area contributed by atoms with E-state index in [0.717, 1.165) is 12.1 Å². The highest BCUT2D eigenvalue weighted by atomic mass is 32.2. The van der Waals surface area contributed by atoms with Crippen LogP contribution in [0.4, 0.5) is 22.0 Å². The number of halogens is 5. The first-order chi connectivity index (χ1) is 13.4. The van der Waals surface area contributed by atoms with E-state index in [1.165, 1.54) is 24.7 Å². The summed E-state index contributed by atoms with van der Waals surface area (Å²) in [5, 5.41) is 0. The molecule has 0 N–H and O–H groups in total. The number of benzene rings is 1. The molecule has 0 amide bonds. The van der Waals surface area contributed by atoms with Crippen LogP contribution in [0.25, 0.3) is 22.8 Å². The van der Waals surface area contributed by atoms with Crippen LogP contribution in [0.3, 0.4) is 0 Å². The van der Waals surface area contributed by atoms with Crippen molar-refractivity contribution in [1.82, 2.24) is 14.5 Å². The Bertz CT molecular complexity index is 1170. The van der Waals surface area contributed by atoms with E-state index >= 15 is 0 Å². The fraction of sp³-hybridized carbons (Fsp3) is 0.222. The first kappa shape index (κ1) is 20.9. The van der Waals surface area contributed by atoms with Crippen LogP contribution in [0, 0.1) is 11.6 Å². The van der Waals surface area contributed by atoms with Crippen molar-refractivity contribution in [2.24, 2.45) is 7.05 Å². The molecule has 11 heteroatoms. The van der Waals surface area contributed by atoms with Crippen LogP contribution < -0.4 is 0 Å². The average Bonchev–Trinajstić information content (AvgIpc) is 3.01. The van der Waals surface area contributed by atoms with Gasteiger partial charge in [0, 0.05) is 24.9 Å². The number of imidazole rings is 1.